The summed E-state index contributed by atoms with van der Waals surface area (Å²) in [4.78, 5) is 38.9. The van der Waals surface area contributed by atoms with Gasteiger partial charge in [0.05, 0.1) is 6.04 Å². The molecule has 30 heavy (non-hydrogen) atoms. The van der Waals surface area contributed by atoms with Gasteiger partial charge >= 0.3 is 6.03 Å². The van der Waals surface area contributed by atoms with Crippen molar-refractivity contribution in [3.05, 3.63) is 34.9 Å². The Morgan fingerprint density at radius 3 is 2.60 bits per heavy atom. The van der Waals surface area contributed by atoms with Gasteiger partial charge in [0.25, 0.3) is 5.91 Å². The predicted octanol–water partition coefficient (Wildman–Crippen LogP) is 3.78. The maximum atomic E-state index is 12.7. The van der Waals surface area contributed by atoms with Crippen LogP contribution in [0.15, 0.2) is 18.2 Å². The van der Waals surface area contributed by atoms with Crippen molar-refractivity contribution < 1.29 is 14.4 Å². The molecule has 4 amide bonds. The molecule has 0 spiro atoms. The van der Waals surface area contributed by atoms with E-state index in [-0.39, 0.29) is 36.3 Å². The van der Waals surface area contributed by atoms with Crippen LogP contribution in [0.3, 0.4) is 0 Å². The van der Waals surface area contributed by atoms with Crippen LogP contribution in [-0.2, 0) is 22.4 Å². The number of carbonyl (C=O) groups is 3. The van der Waals surface area contributed by atoms with Gasteiger partial charge in [0, 0.05) is 12.5 Å². The highest BCUT2D eigenvalue weighted by atomic mass is 16.2. The minimum Gasteiger partial charge on any atom is -0.350 e. The lowest BCUT2D eigenvalue weighted by Crippen LogP contribution is -2.42. The smallest absolute Gasteiger partial charge is 0.325 e. The lowest BCUT2D eigenvalue weighted by atomic mass is 9.89. The van der Waals surface area contributed by atoms with Crippen LogP contribution >= 0.6 is 0 Å². The average molecular weight is 412 g/mol. The van der Waals surface area contributed by atoms with Crippen LogP contribution in [-0.4, -0.2) is 34.8 Å². The van der Waals surface area contributed by atoms with Crippen LogP contribution in [0, 0.1) is 0 Å². The van der Waals surface area contributed by atoms with E-state index in [0.29, 0.717) is 6.42 Å². The zero-order valence-corrected chi connectivity index (χ0v) is 17.9. The van der Waals surface area contributed by atoms with Crippen LogP contribution in [0.5, 0.6) is 0 Å². The van der Waals surface area contributed by atoms with E-state index in [1.165, 1.54) is 35.3 Å². The topological polar surface area (TPSA) is 78.5 Å². The number of nitrogens with zero attached hydrogens (tertiary/aromatic N) is 1. The number of carbonyl (C=O) groups excluding carboxylic acids is 3. The van der Waals surface area contributed by atoms with Crippen molar-refractivity contribution in [3.63, 3.8) is 0 Å². The molecule has 1 aromatic carbocycles. The van der Waals surface area contributed by atoms with Gasteiger partial charge in [-0.05, 0) is 68.6 Å². The molecule has 1 aromatic rings. The number of amides is 4. The summed E-state index contributed by atoms with van der Waals surface area (Å²) < 4.78 is 0. The summed E-state index contributed by atoms with van der Waals surface area (Å²) in [5.74, 6) is -0.249. The number of nitrogens with one attached hydrogen (secondary N) is 2. The second kappa shape index (κ2) is 9.19. The molecule has 162 valence electrons. The van der Waals surface area contributed by atoms with Gasteiger partial charge in [-0.3, -0.25) is 14.5 Å². The van der Waals surface area contributed by atoms with E-state index in [4.69, 9.17) is 0 Å². The first-order valence-electron chi connectivity index (χ1n) is 11.6. The summed E-state index contributed by atoms with van der Waals surface area (Å²) in [5.41, 5.74) is 3.96. The highest BCUT2D eigenvalue weighted by molar-refractivity contribution is 6.04. The number of urea groups is 1. The fraction of sp³-hybridized carbons (Fsp3) is 0.625. The molecule has 3 aliphatic rings. The fourth-order valence-corrected chi connectivity index (χ4v) is 5.12. The van der Waals surface area contributed by atoms with Gasteiger partial charge < -0.3 is 10.6 Å². The number of fused-ring (bicyclic) bond motifs is 1. The largest absolute Gasteiger partial charge is 0.350 e. The number of imide groups is 1. The van der Waals surface area contributed by atoms with Crippen LogP contribution in [0.4, 0.5) is 4.79 Å². The molecule has 6 heteroatoms. The zero-order valence-electron chi connectivity index (χ0n) is 17.9. The normalized spacial score (nSPS) is 23.1. The molecule has 2 fully saturated rings. The summed E-state index contributed by atoms with van der Waals surface area (Å²) in [5, 5.41) is 5.83. The van der Waals surface area contributed by atoms with Gasteiger partial charge in [-0.15, -0.1) is 0 Å². The van der Waals surface area contributed by atoms with Gasteiger partial charge in [-0.1, -0.05) is 37.5 Å². The van der Waals surface area contributed by atoms with Crippen molar-refractivity contribution in [1.29, 1.82) is 0 Å². The second-order valence-corrected chi connectivity index (χ2v) is 9.07. The highest BCUT2D eigenvalue weighted by Gasteiger charge is 2.42. The van der Waals surface area contributed by atoms with Crippen LogP contribution in [0.1, 0.15) is 87.4 Å². The number of benzene rings is 1. The quantitative estimate of drug-likeness (QED) is 0.700. The molecule has 1 saturated carbocycles. The molecule has 0 unspecified atom stereocenters. The van der Waals surface area contributed by atoms with Gasteiger partial charge in [-0.25, -0.2) is 4.79 Å². The third kappa shape index (κ3) is 4.52. The zero-order chi connectivity index (χ0) is 21.1. The van der Waals surface area contributed by atoms with E-state index < -0.39 is 6.04 Å². The van der Waals surface area contributed by atoms with Gasteiger partial charge in [0.2, 0.25) is 5.91 Å². The summed E-state index contributed by atoms with van der Waals surface area (Å²) >= 11 is 0. The van der Waals surface area contributed by atoms with Crippen molar-refractivity contribution in [2.75, 3.05) is 0 Å². The summed E-state index contributed by atoms with van der Waals surface area (Å²) in [6.45, 7) is 2.00. The molecule has 4 rings (SSSR count). The molecule has 1 heterocycles. The molecule has 0 aromatic heterocycles. The summed E-state index contributed by atoms with van der Waals surface area (Å²) in [6.07, 6.45) is 10.4. The van der Waals surface area contributed by atoms with Crippen LogP contribution in [0.2, 0.25) is 0 Å². The Morgan fingerprint density at radius 2 is 1.83 bits per heavy atom. The van der Waals surface area contributed by atoms with Gasteiger partial charge in [-0.2, -0.15) is 0 Å². The SMILES string of the molecule is C[C@@H](NC(=O)CC[C@@H]1NC(=O)N(C2CCCCC2)C1=O)c1ccc2c(c1)CCCC2. The Hall–Kier alpha value is -2.37. The van der Waals surface area contributed by atoms with Crippen molar-refractivity contribution in [3.8, 4) is 0 Å². The maximum absolute atomic E-state index is 12.7. The Morgan fingerprint density at radius 1 is 1.10 bits per heavy atom. The molecule has 2 atom stereocenters. The van der Waals surface area contributed by atoms with Crippen LogP contribution < -0.4 is 10.6 Å². The average Bonchev–Trinajstić information content (AvgIpc) is 3.05. The third-order valence-electron chi connectivity index (χ3n) is 6.90. The van der Waals surface area contributed by atoms with E-state index in [2.05, 4.69) is 28.8 Å². The number of rotatable bonds is 6. The standard InChI is InChI=1S/C24H33N3O3/c1-16(18-12-11-17-7-5-6-8-19(17)15-18)25-22(28)14-13-21-23(29)27(24(30)26-21)20-9-3-2-4-10-20/h11-12,15-16,20-21H,2-10,13-14H2,1H3,(H,25,28)(H,26,30)/t16-,21+/m1/s1. The third-order valence-corrected chi connectivity index (χ3v) is 6.90. The monoisotopic (exact) mass is 411 g/mol. The first-order chi connectivity index (χ1) is 14.5. The molecule has 1 saturated heterocycles. The van der Waals surface area contributed by atoms with Crippen molar-refractivity contribution in [2.45, 2.75) is 95.7 Å². The molecular formula is C24H33N3O3. The Labute approximate surface area is 178 Å². The van der Waals surface area contributed by atoms with E-state index >= 15 is 0 Å². The summed E-state index contributed by atoms with van der Waals surface area (Å²) in [7, 11) is 0. The molecule has 1 aliphatic heterocycles. The van der Waals surface area contributed by atoms with Crippen LogP contribution in [0.25, 0.3) is 0 Å². The van der Waals surface area contributed by atoms with E-state index in [1.807, 2.05) is 6.92 Å². The molecule has 2 aliphatic carbocycles. The first-order valence-corrected chi connectivity index (χ1v) is 11.6. The van der Waals surface area contributed by atoms with Gasteiger partial charge in [0.15, 0.2) is 0 Å². The molecular weight excluding hydrogens is 378 g/mol. The molecule has 0 radical (unpaired) electrons. The minimum atomic E-state index is -0.579. The van der Waals surface area contributed by atoms with Crippen molar-refractivity contribution in [2.24, 2.45) is 0 Å². The molecule has 0 bridgehead atoms. The Balaban J connectivity index is 1.28. The van der Waals surface area contributed by atoms with Crippen molar-refractivity contribution in [1.82, 2.24) is 15.5 Å². The van der Waals surface area contributed by atoms with E-state index in [1.54, 1.807) is 0 Å². The second-order valence-electron chi connectivity index (χ2n) is 9.07. The molecule has 6 nitrogen and oxygen atoms in total. The lowest BCUT2D eigenvalue weighted by molar-refractivity contribution is -0.129. The number of hydrogen-bond donors (Lipinski definition) is 2. The highest BCUT2D eigenvalue weighted by Crippen LogP contribution is 2.27. The van der Waals surface area contributed by atoms with E-state index in [9.17, 15) is 14.4 Å². The molecule has 2 N–H and O–H groups in total. The minimum absolute atomic E-state index is 0.0223. The predicted molar refractivity (Wildman–Crippen MR) is 115 cm³/mol. The Bertz CT molecular complexity index is 816. The van der Waals surface area contributed by atoms with Crippen molar-refractivity contribution >= 4 is 17.8 Å². The lowest BCUT2D eigenvalue weighted by Gasteiger charge is -2.28. The maximum Gasteiger partial charge on any atom is 0.325 e. The Kier molecular flexibility index (Phi) is 6.40. The first kappa shape index (κ1) is 20.9. The fourth-order valence-electron chi connectivity index (χ4n) is 5.12. The van der Waals surface area contributed by atoms with E-state index in [0.717, 1.165) is 44.1 Å². The number of hydrogen-bond acceptors (Lipinski definition) is 3. The summed E-state index contributed by atoms with van der Waals surface area (Å²) in [6, 6.07) is 5.61. The van der Waals surface area contributed by atoms with Gasteiger partial charge in [0.1, 0.15) is 6.04 Å². The number of aryl methyl sites for hydroxylation is 2.